The number of hydrogen-bond donors (Lipinski definition) is 0. The van der Waals surface area contributed by atoms with Crippen LogP contribution in [0.15, 0.2) is 142 Å². The maximum Gasteiger partial charge on any atom is 0.256 e. The maximum absolute atomic E-state index is 7.92. The standard InChI is InChI=1S/C70H58B2N2O4/c1-67(2,3)35-21-23-51-41(25-35)45-27-37(69(7,8)9)29-49-61(45)73(51)63-59-66(78-57-33-55-43(31-47(57)71(49)59)39-17-13-15-19-53(39)75-55)64-60-65(63)77-58-34-56-44(40-18-14-16-20-54(40)76-56)32-48(58)72(60)50-30-38(70(10,11)12)28-46-42-26-36(68(4,5)6)22-24-52(42)74(64)62(46)50/h13-34H,1-12H3. The molecule has 0 radical (unpaired) electrons. The first kappa shape index (κ1) is 45.0. The number of para-hydroxylation sites is 2. The van der Waals surface area contributed by atoms with Crippen LogP contribution in [-0.4, -0.2) is 22.6 Å². The van der Waals surface area contributed by atoms with Crippen molar-refractivity contribution in [3.05, 3.63) is 156 Å². The summed E-state index contributed by atoms with van der Waals surface area (Å²) in [6, 6.07) is 50.4. The molecule has 4 aliphatic rings. The Morgan fingerprint density at radius 1 is 0.333 bits per heavy atom. The van der Waals surface area contributed by atoms with Gasteiger partial charge in [-0.1, -0.05) is 156 Å². The zero-order chi connectivity index (χ0) is 53.2. The summed E-state index contributed by atoms with van der Waals surface area (Å²) in [6.07, 6.45) is 0. The summed E-state index contributed by atoms with van der Waals surface area (Å²) in [7, 11) is 0. The minimum Gasteiger partial charge on any atom is -0.456 e. The Bertz CT molecular complexity index is 4660. The van der Waals surface area contributed by atoms with E-state index in [0.717, 1.165) is 111 Å². The number of nitrogens with zero attached hydrogens (tertiary/aromatic N) is 2. The SMILES string of the molecule is CC(C)(C)c1ccc2c(c1)c1cc(C(C)(C)C)cc3c1n2-c1c2c4c(c5c1B3c1cc3c(cc1O5)oc1ccccc13)-n1c3ccc(C(C)(C)C)cc3c3cc(C(C)(C)C)cc(c31)B4c1cc3c(cc1O2)oc1ccccc13. The monoisotopic (exact) mass is 1010 g/mol. The van der Waals surface area contributed by atoms with Crippen molar-refractivity contribution in [2.45, 2.75) is 105 Å². The summed E-state index contributed by atoms with van der Waals surface area (Å²) in [4.78, 5) is 0. The molecule has 0 unspecified atom stereocenters. The first-order valence-corrected chi connectivity index (χ1v) is 28.0. The zero-order valence-corrected chi connectivity index (χ0v) is 46.4. The van der Waals surface area contributed by atoms with Gasteiger partial charge in [0.25, 0.3) is 13.4 Å². The van der Waals surface area contributed by atoms with Gasteiger partial charge < -0.3 is 27.4 Å². The van der Waals surface area contributed by atoms with Crippen LogP contribution in [0.5, 0.6) is 23.0 Å². The van der Waals surface area contributed by atoms with E-state index in [1.165, 1.54) is 65.8 Å². The van der Waals surface area contributed by atoms with Crippen molar-refractivity contribution in [3.63, 3.8) is 0 Å². The van der Waals surface area contributed by atoms with Gasteiger partial charge in [0.2, 0.25) is 0 Å². The van der Waals surface area contributed by atoms with E-state index < -0.39 is 0 Å². The molecule has 13 aromatic rings. The van der Waals surface area contributed by atoms with Crippen LogP contribution in [0.25, 0.3) is 98.9 Å². The number of hydrogen-bond acceptors (Lipinski definition) is 4. The molecular formula is C70H58B2N2O4. The van der Waals surface area contributed by atoms with Crippen molar-refractivity contribution in [1.29, 1.82) is 0 Å². The smallest absolute Gasteiger partial charge is 0.256 e. The number of benzene rings is 9. The van der Waals surface area contributed by atoms with Gasteiger partial charge in [-0.2, -0.15) is 0 Å². The molecule has 17 rings (SSSR count). The third-order valence-electron chi connectivity index (χ3n) is 18.4. The molecule has 6 nitrogen and oxygen atoms in total. The molecule has 0 saturated carbocycles. The van der Waals surface area contributed by atoms with Crippen LogP contribution in [-0.2, 0) is 21.7 Å². The van der Waals surface area contributed by atoms with E-state index in [9.17, 15) is 0 Å². The van der Waals surface area contributed by atoms with E-state index in [2.05, 4.69) is 226 Å². The Kier molecular flexibility index (Phi) is 8.15. The van der Waals surface area contributed by atoms with E-state index in [0.29, 0.717) is 0 Å². The highest BCUT2D eigenvalue weighted by molar-refractivity contribution is 7.02. The topological polar surface area (TPSA) is 54.6 Å². The molecule has 9 aromatic carbocycles. The van der Waals surface area contributed by atoms with Crippen molar-refractivity contribution >= 4 is 134 Å². The number of aromatic nitrogens is 2. The normalized spacial score (nSPS) is 14.6. The van der Waals surface area contributed by atoms with Gasteiger partial charge in [0.15, 0.2) is 0 Å². The fraction of sp³-hybridized carbons (Fsp3) is 0.229. The Balaban J connectivity index is 1.11. The highest BCUT2D eigenvalue weighted by Gasteiger charge is 2.51. The first-order chi connectivity index (χ1) is 37.2. The lowest BCUT2D eigenvalue weighted by Crippen LogP contribution is -2.63. The number of rotatable bonds is 0. The Morgan fingerprint density at radius 3 is 1.12 bits per heavy atom. The lowest BCUT2D eigenvalue weighted by atomic mass is 9.31. The summed E-state index contributed by atoms with van der Waals surface area (Å²) in [5, 5.41) is 9.34. The van der Waals surface area contributed by atoms with Crippen LogP contribution in [0, 0.1) is 0 Å². The van der Waals surface area contributed by atoms with Crippen LogP contribution in [0.4, 0.5) is 0 Å². The Morgan fingerprint density at radius 2 is 0.718 bits per heavy atom. The third kappa shape index (κ3) is 5.65. The number of fused-ring (bicyclic) bond motifs is 22. The fourth-order valence-corrected chi connectivity index (χ4v) is 14.3. The predicted molar refractivity (Wildman–Crippen MR) is 327 cm³/mol. The van der Waals surface area contributed by atoms with Gasteiger partial charge in [-0.15, -0.1) is 0 Å². The van der Waals surface area contributed by atoms with Gasteiger partial charge in [0, 0.05) is 77.2 Å². The largest absolute Gasteiger partial charge is 0.456 e. The van der Waals surface area contributed by atoms with Crippen molar-refractivity contribution in [2.24, 2.45) is 0 Å². The minimum atomic E-state index is -0.238. The van der Waals surface area contributed by atoms with Crippen molar-refractivity contribution in [3.8, 4) is 34.4 Å². The van der Waals surface area contributed by atoms with E-state index in [4.69, 9.17) is 18.3 Å². The molecule has 0 bridgehead atoms. The summed E-state index contributed by atoms with van der Waals surface area (Å²) < 4.78 is 34.5. The highest BCUT2D eigenvalue weighted by Crippen LogP contribution is 2.51. The minimum absolute atomic E-state index is 0.0692. The van der Waals surface area contributed by atoms with Crippen LogP contribution >= 0.6 is 0 Å². The van der Waals surface area contributed by atoms with Crippen molar-refractivity contribution in [1.82, 2.24) is 9.13 Å². The second-order valence-corrected chi connectivity index (χ2v) is 27.3. The van der Waals surface area contributed by atoms with Crippen molar-refractivity contribution in [2.75, 3.05) is 0 Å². The molecule has 378 valence electrons. The summed E-state index contributed by atoms with van der Waals surface area (Å²) in [6.45, 7) is 27.6. The Labute approximate surface area is 453 Å². The zero-order valence-electron chi connectivity index (χ0n) is 46.4. The molecule has 4 aromatic heterocycles. The Hall–Kier alpha value is -8.09. The van der Waals surface area contributed by atoms with Crippen LogP contribution in [0.2, 0.25) is 0 Å². The van der Waals surface area contributed by atoms with Crippen LogP contribution in [0.3, 0.4) is 0 Å². The van der Waals surface area contributed by atoms with Gasteiger partial charge in [-0.25, -0.2) is 0 Å². The van der Waals surface area contributed by atoms with Gasteiger partial charge in [0.05, 0.1) is 22.4 Å². The molecule has 4 aliphatic heterocycles. The van der Waals surface area contributed by atoms with E-state index in [1.807, 2.05) is 0 Å². The fourth-order valence-electron chi connectivity index (χ4n) is 14.3. The average Bonchev–Trinajstić information content (AvgIpc) is 1.88. The highest BCUT2D eigenvalue weighted by atomic mass is 16.5. The first-order valence-electron chi connectivity index (χ1n) is 28.0. The molecule has 0 amide bonds. The molecule has 0 fully saturated rings. The molecule has 78 heavy (non-hydrogen) atoms. The van der Waals surface area contributed by atoms with Crippen LogP contribution in [0.1, 0.15) is 105 Å². The molecule has 0 N–H and O–H groups in total. The third-order valence-corrected chi connectivity index (χ3v) is 18.4. The van der Waals surface area contributed by atoms with E-state index >= 15 is 0 Å². The van der Waals surface area contributed by atoms with Crippen molar-refractivity contribution < 1.29 is 18.3 Å². The number of ether oxygens (including phenoxy) is 2. The molecule has 0 spiro atoms. The van der Waals surface area contributed by atoms with Gasteiger partial charge in [-0.05, 0) is 114 Å². The molecule has 8 heterocycles. The number of furan rings is 2. The molecule has 0 atom stereocenters. The quantitative estimate of drug-likeness (QED) is 0.142. The molecule has 0 saturated heterocycles. The second-order valence-electron chi connectivity index (χ2n) is 27.3. The average molecular weight is 1010 g/mol. The van der Waals surface area contributed by atoms with Gasteiger partial charge in [0.1, 0.15) is 45.3 Å². The molecular weight excluding hydrogens is 954 g/mol. The van der Waals surface area contributed by atoms with E-state index in [-0.39, 0.29) is 35.1 Å². The summed E-state index contributed by atoms with van der Waals surface area (Å²) in [5.41, 5.74) is 21.9. The molecule has 8 heteroatoms. The second kappa shape index (κ2) is 14.1. The summed E-state index contributed by atoms with van der Waals surface area (Å²) >= 11 is 0. The van der Waals surface area contributed by atoms with Gasteiger partial charge in [-0.3, -0.25) is 0 Å². The lowest BCUT2D eigenvalue weighted by molar-refractivity contribution is 0.472. The molecule has 0 aliphatic carbocycles. The predicted octanol–water partition coefficient (Wildman–Crippen LogP) is 14.7. The van der Waals surface area contributed by atoms with E-state index in [1.54, 1.807) is 0 Å². The van der Waals surface area contributed by atoms with Gasteiger partial charge >= 0.3 is 0 Å². The lowest BCUT2D eigenvalue weighted by Gasteiger charge is -2.41. The maximum atomic E-state index is 7.92. The summed E-state index contributed by atoms with van der Waals surface area (Å²) in [5.74, 6) is 3.35. The van der Waals surface area contributed by atoms with Crippen LogP contribution < -0.4 is 42.3 Å².